The van der Waals surface area contributed by atoms with E-state index in [1.165, 1.54) is 11.3 Å². The first kappa shape index (κ1) is 10.9. The standard InChI is InChI=1S/C10H14N2OS/c1-7-10(14-8(2)11-7)9(13)5-6-12(3)4/h5-6H,1-4H3/b6-5+. The highest BCUT2D eigenvalue weighted by Gasteiger charge is 2.10. The number of thiazole rings is 1. The Hall–Kier alpha value is -1.16. The van der Waals surface area contributed by atoms with Crippen molar-refractivity contribution in [3.05, 3.63) is 27.9 Å². The minimum atomic E-state index is 0.0294. The van der Waals surface area contributed by atoms with Crippen molar-refractivity contribution in [3.63, 3.8) is 0 Å². The summed E-state index contributed by atoms with van der Waals surface area (Å²) >= 11 is 1.44. The Kier molecular flexibility index (Phi) is 3.41. The van der Waals surface area contributed by atoms with Gasteiger partial charge in [0, 0.05) is 26.4 Å². The average Bonchev–Trinajstić information content (AvgIpc) is 2.41. The molecule has 4 heteroatoms. The van der Waals surface area contributed by atoms with E-state index in [1.54, 1.807) is 12.3 Å². The highest BCUT2D eigenvalue weighted by Crippen LogP contribution is 2.17. The molecule has 1 aromatic rings. The van der Waals surface area contributed by atoms with Gasteiger partial charge in [-0.3, -0.25) is 4.79 Å². The maximum Gasteiger partial charge on any atom is 0.199 e. The molecule has 76 valence electrons. The van der Waals surface area contributed by atoms with Crippen LogP contribution in [0.2, 0.25) is 0 Å². The molecule has 0 fully saturated rings. The Morgan fingerprint density at radius 3 is 2.50 bits per heavy atom. The van der Waals surface area contributed by atoms with Crippen LogP contribution in [0.25, 0.3) is 0 Å². The SMILES string of the molecule is Cc1nc(C)c(C(=O)/C=C/N(C)C)s1. The summed E-state index contributed by atoms with van der Waals surface area (Å²) in [6, 6.07) is 0. The van der Waals surface area contributed by atoms with E-state index >= 15 is 0 Å². The third-order valence-corrected chi connectivity index (χ3v) is 2.74. The molecule has 0 N–H and O–H groups in total. The molecule has 1 heterocycles. The predicted molar refractivity (Wildman–Crippen MR) is 58.7 cm³/mol. The Labute approximate surface area is 88.1 Å². The molecule has 0 bridgehead atoms. The van der Waals surface area contributed by atoms with Gasteiger partial charge >= 0.3 is 0 Å². The number of hydrogen-bond donors (Lipinski definition) is 0. The van der Waals surface area contributed by atoms with Crippen molar-refractivity contribution in [3.8, 4) is 0 Å². The van der Waals surface area contributed by atoms with Gasteiger partial charge in [0.05, 0.1) is 15.6 Å². The number of nitrogens with zero attached hydrogens (tertiary/aromatic N) is 2. The lowest BCUT2D eigenvalue weighted by Gasteiger charge is -2.01. The maximum atomic E-state index is 11.6. The molecule has 0 saturated heterocycles. The van der Waals surface area contributed by atoms with Crippen LogP contribution >= 0.6 is 11.3 Å². The Bertz CT molecular complexity index is 366. The third kappa shape index (κ3) is 2.67. The number of carbonyl (C=O) groups excluding carboxylic acids is 1. The van der Waals surface area contributed by atoms with Crippen LogP contribution in [0.1, 0.15) is 20.4 Å². The number of rotatable bonds is 3. The van der Waals surface area contributed by atoms with Crippen molar-refractivity contribution >= 4 is 17.1 Å². The molecule has 0 aliphatic rings. The van der Waals surface area contributed by atoms with Crippen LogP contribution in [-0.2, 0) is 0 Å². The van der Waals surface area contributed by atoms with Gasteiger partial charge < -0.3 is 4.90 Å². The normalized spacial score (nSPS) is 10.9. The second-order valence-corrected chi connectivity index (χ2v) is 4.49. The van der Waals surface area contributed by atoms with Gasteiger partial charge in [-0.15, -0.1) is 11.3 Å². The van der Waals surface area contributed by atoms with Gasteiger partial charge in [-0.05, 0) is 13.8 Å². The highest BCUT2D eigenvalue weighted by molar-refractivity contribution is 7.13. The van der Waals surface area contributed by atoms with E-state index in [2.05, 4.69) is 4.98 Å². The Morgan fingerprint density at radius 1 is 1.43 bits per heavy atom. The summed E-state index contributed by atoms with van der Waals surface area (Å²) < 4.78 is 0. The molecule has 0 aliphatic heterocycles. The number of aryl methyl sites for hydroxylation is 2. The lowest BCUT2D eigenvalue weighted by atomic mass is 10.3. The largest absolute Gasteiger partial charge is 0.383 e. The van der Waals surface area contributed by atoms with Gasteiger partial charge in [0.25, 0.3) is 0 Å². The fraction of sp³-hybridized carbons (Fsp3) is 0.400. The van der Waals surface area contributed by atoms with Gasteiger partial charge in [0.15, 0.2) is 5.78 Å². The van der Waals surface area contributed by atoms with Crippen molar-refractivity contribution in [1.82, 2.24) is 9.88 Å². The van der Waals surface area contributed by atoms with Gasteiger partial charge in [-0.2, -0.15) is 0 Å². The molecule has 0 unspecified atom stereocenters. The summed E-state index contributed by atoms with van der Waals surface area (Å²) in [6.07, 6.45) is 3.32. The molecule has 0 spiro atoms. The molecule has 3 nitrogen and oxygen atoms in total. The van der Waals surface area contributed by atoms with E-state index in [1.807, 2.05) is 32.8 Å². The number of aromatic nitrogens is 1. The van der Waals surface area contributed by atoms with E-state index in [4.69, 9.17) is 0 Å². The summed E-state index contributed by atoms with van der Waals surface area (Å²) in [4.78, 5) is 18.4. The van der Waals surface area contributed by atoms with Crippen LogP contribution in [0.15, 0.2) is 12.3 Å². The van der Waals surface area contributed by atoms with E-state index in [0.29, 0.717) is 0 Å². The molecule has 0 amide bonds. The minimum Gasteiger partial charge on any atom is -0.383 e. The van der Waals surface area contributed by atoms with Crippen LogP contribution in [0.4, 0.5) is 0 Å². The van der Waals surface area contributed by atoms with E-state index in [0.717, 1.165) is 15.6 Å². The molecular weight excluding hydrogens is 196 g/mol. The molecule has 1 aromatic heterocycles. The van der Waals surface area contributed by atoms with Crippen molar-refractivity contribution in [2.45, 2.75) is 13.8 Å². The second kappa shape index (κ2) is 4.37. The highest BCUT2D eigenvalue weighted by atomic mass is 32.1. The summed E-state index contributed by atoms with van der Waals surface area (Å²) in [5.74, 6) is 0.0294. The van der Waals surface area contributed by atoms with Crippen molar-refractivity contribution < 1.29 is 4.79 Å². The summed E-state index contributed by atoms with van der Waals surface area (Å²) in [5, 5.41) is 0.934. The minimum absolute atomic E-state index is 0.0294. The molecule has 0 saturated carbocycles. The summed E-state index contributed by atoms with van der Waals surface area (Å²) in [6.45, 7) is 3.77. The lowest BCUT2D eigenvalue weighted by Crippen LogP contribution is -2.02. The smallest absolute Gasteiger partial charge is 0.199 e. The molecule has 0 atom stereocenters. The van der Waals surface area contributed by atoms with Crippen LogP contribution in [0.3, 0.4) is 0 Å². The van der Waals surface area contributed by atoms with Gasteiger partial charge in [0.2, 0.25) is 0 Å². The van der Waals surface area contributed by atoms with Gasteiger partial charge in [0.1, 0.15) is 0 Å². The first-order chi connectivity index (χ1) is 6.50. The second-order valence-electron chi connectivity index (χ2n) is 3.29. The van der Waals surface area contributed by atoms with E-state index in [9.17, 15) is 4.79 Å². The lowest BCUT2D eigenvalue weighted by molar-refractivity contribution is 0.104. The molecular formula is C10H14N2OS. The van der Waals surface area contributed by atoms with Crippen LogP contribution in [0.5, 0.6) is 0 Å². The number of allylic oxidation sites excluding steroid dienone is 1. The van der Waals surface area contributed by atoms with Crippen molar-refractivity contribution in [2.75, 3.05) is 14.1 Å². The fourth-order valence-electron chi connectivity index (χ4n) is 1.05. The number of carbonyl (C=O) groups is 1. The quantitative estimate of drug-likeness (QED) is 0.565. The van der Waals surface area contributed by atoms with Crippen LogP contribution in [0, 0.1) is 13.8 Å². The van der Waals surface area contributed by atoms with Crippen molar-refractivity contribution in [1.29, 1.82) is 0 Å². The van der Waals surface area contributed by atoms with E-state index in [-0.39, 0.29) is 5.78 Å². The Morgan fingerprint density at radius 2 is 2.07 bits per heavy atom. The third-order valence-electron chi connectivity index (χ3n) is 1.65. The van der Waals surface area contributed by atoms with Crippen molar-refractivity contribution in [2.24, 2.45) is 0 Å². The molecule has 0 radical (unpaired) electrons. The van der Waals surface area contributed by atoms with Gasteiger partial charge in [-0.25, -0.2) is 4.98 Å². The topological polar surface area (TPSA) is 33.2 Å². The molecule has 14 heavy (non-hydrogen) atoms. The maximum absolute atomic E-state index is 11.6. The molecule has 0 aliphatic carbocycles. The van der Waals surface area contributed by atoms with E-state index < -0.39 is 0 Å². The zero-order valence-electron chi connectivity index (χ0n) is 8.87. The molecule has 0 aromatic carbocycles. The number of ketones is 1. The molecule has 1 rings (SSSR count). The zero-order chi connectivity index (χ0) is 10.7. The predicted octanol–water partition coefficient (Wildman–Crippen LogP) is 2.02. The summed E-state index contributed by atoms with van der Waals surface area (Å²) in [7, 11) is 3.77. The van der Waals surface area contributed by atoms with Crippen LogP contribution < -0.4 is 0 Å². The first-order valence-corrected chi connectivity index (χ1v) is 5.15. The average molecular weight is 210 g/mol. The first-order valence-electron chi connectivity index (χ1n) is 4.33. The van der Waals surface area contributed by atoms with Crippen LogP contribution in [-0.4, -0.2) is 29.8 Å². The fourth-order valence-corrected chi connectivity index (χ4v) is 1.89. The Balaban J connectivity index is 2.85. The monoisotopic (exact) mass is 210 g/mol. The number of hydrogen-bond acceptors (Lipinski definition) is 4. The van der Waals surface area contributed by atoms with Gasteiger partial charge in [-0.1, -0.05) is 0 Å². The zero-order valence-corrected chi connectivity index (χ0v) is 9.68. The summed E-state index contributed by atoms with van der Waals surface area (Å²) in [5.41, 5.74) is 0.820.